The van der Waals surface area contributed by atoms with Crippen LogP contribution in [0.1, 0.15) is 37.0 Å². The monoisotopic (exact) mass is 262 g/mol. The Kier molecular flexibility index (Phi) is 4.43. The second-order valence-corrected chi connectivity index (χ2v) is 5.32. The predicted octanol–water partition coefficient (Wildman–Crippen LogP) is 2.42. The van der Waals surface area contributed by atoms with E-state index in [2.05, 4.69) is 17.6 Å². The van der Waals surface area contributed by atoms with Crippen molar-refractivity contribution in [2.75, 3.05) is 25.1 Å². The van der Waals surface area contributed by atoms with Gasteiger partial charge in [0.05, 0.1) is 12.1 Å². The highest BCUT2D eigenvalue weighted by molar-refractivity contribution is 5.95. The molecule has 2 N–H and O–H groups in total. The zero-order valence-corrected chi connectivity index (χ0v) is 11.7. The van der Waals surface area contributed by atoms with Gasteiger partial charge in [-0.1, -0.05) is 6.92 Å². The zero-order chi connectivity index (χ0) is 13.7. The molecule has 0 radical (unpaired) electrons. The van der Waals surface area contributed by atoms with E-state index in [1.165, 1.54) is 0 Å². The maximum absolute atomic E-state index is 12.1. The number of carbonyl (C=O) groups excluding carboxylic acids is 1. The summed E-state index contributed by atoms with van der Waals surface area (Å²) in [4.78, 5) is 12.1. The summed E-state index contributed by atoms with van der Waals surface area (Å²) in [6.45, 7) is 6.40. The fraction of sp³-hybridized carbons (Fsp3) is 0.533. The smallest absolute Gasteiger partial charge is 0.251 e. The van der Waals surface area contributed by atoms with Crippen molar-refractivity contribution in [1.82, 2.24) is 5.32 Å². The molecular weight excluding hydrogens is 240 g/mol. The minimum Gasteiger partial charge on any atom is -0.385 e. The highest BCUT2D eigenvalue weighted by Crippen LogP contribution is 2.18. The van der Waals surface area contributed by atoms with Crippen LogP contribution >= 0.6 is 0 Å². The Balaban J connectivity index is 1.95. The molecule has 0 aromatic heterocycles. The second kappa shape index (κ2) is 6.06. The molecule has 1 heterocycles. The lowest BCUT2D eigenvalue weighted by atomic mass is 10.0. The quantitative estimate of drug-likeness (QED) is 0.857. The standard InChI is InChI=1S/C15H22N2O2/c1-3-9-16-13-6-4-12(5-7-13)14(18)17-15(2)8-10-19-11-15/h4-7,16H,3,8-11H2,1-2H3,(H,17,18). The van der Waals surface area contributed by atoms with Crippen molar-refractivity contribution in [2.45, 2.75) is 32.2 Å². The molecule has 4 nitrogen and oxygen atoms in total. The number of benzene rings is 1. The first-order chi connectivity index (χ1) is 9.13. The molecule has 1 unspecified atom stereocenters. The normalized spacial score (nSPS) is 22.2. The summed E-state index contributed by atoms with van der Waals surface area (Å²) < 4.78 is 5.34. The first-order valence-corrected chi connectivity index (χ1v) is 6.87. The van der Waals surface area contributed by atoms with E-state index in [-0.39, 0.29) is 11.4 Å². The van der Waals surface area contributed by atoms with Crippen LogP contribution in [0, 0.1) is 0 Å². The van der Waals surface area contributed by atoms with Gasteiger partial charge in [-0.3, -0.25) is 4.79 Å². The summed E-state index contributed by atoms with van der Waals surface area (Å²) in [6, 6.07) is 7.59. The predicted molar refractivity (Wildman–Crippen MR) is 76.5 cm³/mol. The van der Waals surface area contributed by atoms with Crippen LogP contribution in [-0.2, 0) is 4.74 Å². The largest absolute Gasteiger partial charge is 0.385 e. The average molecular weight is 262 g/mol. The van der Waals surface area contributed by atoms with Gasteiger partial charge in [-0.2, -0.15) is 0 Å². The van der Waals surface area contributed by atoms with Gasteiger partial charge in [-0.15, -0.1) is 0 Å². The molecule has 4 heteroatoms. The van der Waals surface area contributed by atoms with Crippen molar-refractivity contribution in [1.29, 1.82) is 0 Å². The van der Waals surface area contributed by atoms with Crippen molar-refractivity contribution >= 4 is 11.6 Å². The van der Waals surface area contributed by atoms with E-state index in [4.69, 9.17) is 4.74 Å². The van der Waals surface area contributed by atoms with E-state index < -0.39 is 0 Å². The molecule has 1 amide bonds. The van der Waals surface area contributed by atoms with Crippen LogP contribution in [0.5, 0.6) is 0 Å². The number of nitrogens with one attached hydrogen (secondary N) is 2. The zero-order valence-electron chi connectivity index (χ0n) is 11.7. The van der Waals surface area contributed by atoms with Gasteiger partial charge in [-0.05, 0) is 44.0 Å². The highest BCUT2D eigenvalue weighted by Gasteiger charge is 2.31. The molecule has 1 aromatic rings. The van der Waals surface area contributed by atoms with Gasteiger partial charge in [0.1, 0.15) is 0 Å². The average Bonchev–Trinajstić information content (AvgIpc) is 2.83. The molecular formula is C15H22N2O2. The van der Waals surface area contributed by atoms with Crippen molar-refractivity contribution in [3.05, 3.63) is 29.8 Å². The highest BCUT2D eigenvalue weighted by atomic mass is 16.5. The van der Waals surface area contributed by atoms with E-state index >= 15 is 0 Å². The molecule has 2 rings (SSSR count). The summed E-state index contributed by atoms with van der Waals surface area (Å²) in [5, 5.41) is 6.34. The van der Waals surface area contributed by atoms with Crippen molar-refractivity contribution in [2.24, 2.45) is 0 Å². The number of rotatable bonds is 5. The Hall–Kier alpha value is -1.55. The molecule has 1 aliphatic rings. The van der Waals surface area contributed by atoms with Gasteiger partial charge in [0, 0.05) is 24.4 Å². The number of anilines is 1. The molecule has 104 valence electrons. The summed E-state index contributed by atoms with van der Waals surface area (Å²) in [6.07, 6.45) is 1.95. The minimum atomic E-state index is -0.226. The third kappa shape index (κ3) is 3.70. The molecule has 0 spiro atoms. The van der Waals surface area contributed by atoms with E-state index in [1.807, 2.05) is 31.2 Å². The lowest BCUT2D eigenvalue weighted by molar-refractivity contribution is 0.0890. The number of hydrogen-bond acceptors (Lipinski definition) is 3. The molecule has 0 aliphatic carbocycles. The van der Waals surface area contributed by atoms with Gasteiger partial charge >= 0.3 is 0 Å². The lowest BCUT2D eigenvalue weighted by Gasteiger charge is -2.23. The number of hydrogen-bond donors (Lipinski definition) is 2. The molecule has 0 saturated carbocycles. The summed E-state index contributed by atoms with van der Waals surface area (Å²) in [5.74, 6) is -0.0324. The molecule has 1 fully saturated rings. The topological polar surface area (TPSA) is 50.4 Å². The van der Waals surface area contributed by atoms with Crippen LogP contribution < -0.4 is 10.6 Å². The number of amides is 1. The third-order valence-electron chi connectivity index (χ3n) is 3.36. The van der Waals surface area contributed by atoms with Gasteiger partial charge in [0.15, 0.2) is 0 Å². The molecule has 0 bridgehead atoms. The Labute approximate surface area is 114 Å². The fourth-order valence-electron chi connectivity index (χ4n) is 2.12. The fourth-order valence-corrected chi connectivity index (χ4v) is 2.12. The van der Waals surface area contributed by atoms with Crippen LogP contribution in [0.2, 0.25) is 0 Å². The van der Waals surface area contributed by atoms with E-state index in [0.29, 0.717) is 12.2 Å². The van der Waals surface area contributed by atoms with Gasteiger partial charge in [0.25, 0.3) is 5.91 Å². The Morgan fingerprint density at radius 1 is 1.37 bits per heavy atom. The van der Waals surface area contributed by atoms with E-state index in [1.54, 1.807) is 0 Å². The molecule has 1 aromatic carbocycles. The molecule has 19 heavy (non-hydrogen) atoms. The van der Waals surface area contributed by atoms with Crippen molar-refractivity contribution in [3.63, 3.8) is 0 Å². The van der Waals surface area contributed by atoms with Gasteiger partial charge in [-0.25, -0.2) is 0 Å². The number of carbonyl (C=O) groups is 1. The first kappa shape index (κ1) is 13.9. The van der Waals surface area contributed by atoms with Crippen molar-refractivity contribution in [3.8, 4) is 0 Å². The maximum Gasteiger partial charge on any atom is 0.251 e. The maximum atomic E-state index is 12.1. The van der Waals surface area contributed by atoms with Crippen LogP contribution in [-0.4, -0.2) is 31.2 Å². The summed E-state index contributed by atoms with van der Waals surface area (Å²) in [5.41, 5.74) is 1.51. The minimum absolute atomic E-state index is 0.0324. The van der Waals surface area contributed by atoms with Gasteiger partial charge < -0.3 is 15.4 Å². The first-order valence-electron chi connectivity index (χ1n) is 6.87. The number of ether oxygens (including phenoxy) is 1. The van der Waals surface area contributed by atoms with E-state index in [9.17, 15) is 4.79 Å². The summed E-state index contributed by atoms with van der Waals surface area (Å²) in [7, 11) is 0. The Morgan fingerprint density at radius 3 is 2.68 bits per heavy atom. The van der Waals surface area contributed by atoms with Crippen molar-refractivity contribution < 1.29 is 9.53 Å². The summed E-state index contributed by atoms with van der Waals surface area (Å²) >= 11 is 0. The molecule has 1 aliphatic heterocycles. The van der Waals surface area contributed by atoms with E-state index in [0.717, 1.165) is 31.7 Å². The van der Waals surface area contributed by atoms with Gasteiger partial charge in [0.2, 0.25) is 0 Å². The van der Waals surface area contributed by atoms with Crippen LogP contribution in [0.4, 0.5) is 5.69 Å². The van der Waals surface area contributed by atoms with Crippen LogP contribution in [0.25, 0.3) is 0 Å². The van der Waals surface area contributed by atoms with Crippen LogP contribution in [0.3, 0.4) is 0 Å². The Morgan fingerprint density at radius 2 is 2.11 bits per heavy atom. The molecule has 1 saturated heterocycles. The van der Waals surface area contributed by atoms with Crippen LogP contribution in [0.15, 0.2) is 24.3 Å². The lowest BCUT2D eigenvalue weighted by Crippen LogP contribution is -2.46. The Bertz CT molecular complexity index is 422. The molecule has 1 atom stereocenters. The third-order valence-corrected chi connectivity index (χ3v) is 3.36. The second-order valence-electron chi connectivity index (χ2n) is 5.32. The SMILES string of the molecule is CCCNc1ccc(C(=O)NC2(C)CCOC2)cc1.